The lowest BCUT2D eigenvalue weighted by Gasteiger charge is -2.32. The van der Waals surface area contributed by atoms with E-state index in [9.17, 15) is 4.79 Å². The van der Waals surface area contributed by atoms with Crippen molar-refractivity contribution in [3.63, 3.8) is 0 Å². The van der Waals surface area contributed by atoms with Gasteiger partial charge < -0.3 is 10.1 Å². The molecule has 0 bridgehead atoms. The average molecular weight is 407 g/mol. The fourth-order valence-corrected chi connectivity index (χ4v) is 3.70. The number of piperidine rings is 1. The van der Waals surface area contributed by atoms with Gasteiger partial charge in [0.15, 0.2) is 0 Å². The maximum absolute atomic E-state index is 12.3. The Morgan fingerprint density at radius 3 is 2.59 bits per heavy atom. The topological polar surface area (TPSA) is 41.6 Å². The molecular weight excluding hydrogens is 383 g/mol. The molecule has 1 aliphatic heterocycles. The molecule has 3 rings (SSSR count). The number of amides is 1. The normalized spacial score (nSPS) is 15.5. The number of halogens is 2. The molecule has 1 amide bonds. The first kappa shape index (κ1) is 20.0. The van der Waals surface area contributed by atoms with Crippen molar-refractivity contribution in [3.05, 3.63) is 63.6 Å². The third-order valence-corrected chi connectivity index (χ3v) is 5.58. The first-order valence-corrected chi connectivity index (χ1v) is 9.87. The van der Waals surface area contributed by atoms with Crippen LogP contribution in [-0.2, 0) is 17.8 Å². The van der Waals surface area contributed by atoms with Crippen molar-refractivity contribution in [1.82, 2.24) is 10.2 Å². The Bertz CT molecular complexity index is 790. The predicted octanol–water partition coefficient (Wildman–Crippen LogP) is 4.33. The summed E-state index contributed by atoms with van der Waals surface area (Å²) in [5.74, 6) is 0.835. The number of nitrogens with zero attached hydrogens (tertiary/aromatic N) is 1. The van der Waals surface area contributed by atoms with Crippen molar-refractivity contribution in [2.24, 2.45) is 0 Å². The van der Waals surface area contributed by atoms with Crippen LogP contribution in [0.4, 0.5) is 0 Å². The van der Waals surface area contributed by atoms with Crippen LogP contribution in [0.3, 0.4) is 0 Å². The van der Waals surface area contributed by atoms with Crippen molar-refractivity contribution in [1.29, 1.82) is 0 Å². The van der Waals surface area contributed by atoms with E-state index < -0.39 is 0 Å². The summed E-state index contributed by atoms with van der Waals surface area (Å²) in [6.45, 7) is 2.75. The Balaban J connectivity index is 1.44. The summed E-state index contributed by atoms with van der Waals surface area (Å²) in [5.41, 5.74) is 2.12. The minimum Gasteiger partial charge on any atom is -0.497 e. The van der Waals surface area contributed by atoms with Crippen LogP contribution in [0, 0.1) is 0 Å². The van der Waals surface area contributed by atoms with E-state index in [0.29, 0.717) is 16.5 Å². The molecule has 2 aromatic carbocycles. The third kappa shape index (κ3) is 5.86. The smallest absolute Gasteiger partial charge is 0.224 e. The molecule has 0 saturated carbocycles. The molecule has 6 heteroatoms. The van der Waals surface area contributed by atoms with Crippen LogP contribution in [0.5, 0.6) is 5.75 Å². The van der Waals surface area contributed by atoms with E-state index in [1.165, 1.54) is 0 Å². The fraction of sp³-hybridized carbons (Fsp3) is 0.381. The van der Waals surface area contributed by atoms with Gasteiger partial charge in [-0.1, -0.05) is 41.4 Å². The second-order valence-corrected chi connectivity index (χ2v) is 7.71. The molecule has 1 saturated heterocycles. The molecule has 0 aliphatic carbocycles. The largest absolute Gasteiger partial charge is 0.497 e. The number of hydrogen-bond donors (Lipinski definition) is 1. The zero-order valence-corrected chi connectivity index (χ0v) is 16.9. The molecule has 0 spiro atoms. The number of methoxy groups -OCH3 is 1. The number of nitrogens with one attached hydrogen (secondary N) is 1. The van der Waals surface area contributed by atoms with Gasteiger partial charge in [0.25, 0.3) is 0 Å². The Hall–Kier alpha value is -1.75. The molecule has 0 radical (unpaired) electrons. The molecule has 1 N–H and O–H groups in total. The van der Waals surface area contributed by atoms with Crippen molar-refractivity contribution in [2.75, 3.05) is 20.2 Å². The summed E-state index contributed by atoms with van der Waals surface area (Å²) in [4.78, 5) is 14.7. The molecule has 1 heterocycles. The van der Waals surface area contributed by atoms with E-state index in [1.54, 1.807) is 7.11 Å². The molecule has 4 nitrogen and oxygen atoms in total. The number of ether oxygens (including phenoxy) is 1. The summed E-state index contributed by atoms with van der Waals surface area (Å²) < 4.78 is 5.21. The number of benzene rings is 2. The van der Waals surface area contributed by atoms with Crippen molar-refractivity contribution >= 4 is 29.1 Å². The standard InChI is InChI=1S/C21H24Cl2N2O2/c1-27-18-4-2-3-15(11-18)13-21(26)24-17-7-9-25(10-8-17)14-16-5-6-19(22)20(23)12-16/h2-6,11-12,17H,7-10,13-14H2,1H3,(H,24,26). The van der Waals surface area contributed by atoms with E-state index in [-0.39, 0.29) is 11.9 Å². The van der Waals surface area contributed by atoms with E-state index in [1.807, 2.05) is 42.5 Å². The predicted molar refractivity (Wildman–Crippen MR) is 110 cm³/mol. The van der Waals surface area contributed by atoms with Gasteiger partial charge in [-0.15, -0.1) is 0 Å². The van der Waals surface area contributed by atoms with Gasteiger partial charge in [0.05, 0.1) is 23.6 Å². The van der Waals surface area contributed by atoms with Crippen LogP contribution in [-0.4, -0.2) is 37.0 Å². The molecule has 1 fully saturated rings. The molecule has 1 aliphatic rings. The fourth-order valence-electron chi connectivity index (χ4n) is 3.38. The van der Waals surface area contributed by atoms with Crippen molar-refractivity contribution < 1.29 is 9.53 Å². The summed E-state index contributed by atoms with van der Waals surface area (Å²) in [6, 6.07) is 13.6. The molecule has 0 unspecified atom stereocenters. The van der Waals surface area contributed by atoms with Crippen molar-refractivity contribution in [3.8, 4) is 5.75 Å². The lowest BCUT2D eigenvalue weighted by Crippen LogP contribution is -2.44. The van der Waals surface area contributed by atoms with Crippen LogP contribution in [0.25, 0.3) is 0 Å². The minimum absolute atomic E-state index is 0.0613. The first-order chi connectivity index (χ1) is 13.0. The Morgan fingerprint density at radius 1 is 1.11 bits per heavy atom. The van der Waals surface area contributed by atoms with Gasteiger partial charge >= 0.3 is 0 Å². The van der Waals surface area contributed by atoms with Gasteiger partial charge in [-0.05, 0) is 48.2 Å². The zero-order valence-electron chi connectivity index (χ0n) is 15.4. The Kier molecular flexibility index (Phi) is 7.00. The van der Waals surface area contributed by atoms with Gasteiger partial charge in [0.2, 0.25) is 5.91 Å². The number of carbonyl (C=O) groups is 1. The quantitative estimate of drug-likeness (QED) is 0.775. The van der Waals surface area contributed by atoms with Crippen LogP contribution in [0.15, 0.2) is 42.5 Å². The van der Waals surface area contributed by atoms with E-state index in [2.05, 4.69) is 10.2 Å². The first-order valence-electron chi connectivity index (χ1n) is 9.12. The van der Waals surface area contributed by atoms with Crippen LogP contribution >= 0.6 is 23.2 Å². The van der Waals surface area contributed by atoms with Gasteiger partial charge in [0.1, 0.15) is 5.75 Å². The highest BCUT2D eigenvalue weighted by Gasteiger charge is 2.21. The number of carbonyl (C=O) groups excluding carboxylic acids is 1. The molecule has 0 atom stereocenters. The molecular formula is C21H24Cl2N2O2. The lowest BCUT2D eigenvalue weighted by atomic mass is 10.0. The molecule has 0 aromatic heterocycles. The summed E-state index contributed by atoms with van der Waals surface area (Å²) in [5, 5.41) is 4.33. The SMILES string of the molecule is COc1cccc(CC(=O)NC2CCN(Cc3ccc(Cl)c(Cl)c3)CC2)c1. The van der Waals surface area contributed by atoms with Crippen LogP contribution in [0.2, 0.25) is 10.0 Å². The summed E-state index contributed by atoms with van der Waals surface area (Å²) in [6.07, 6.45) is 2.27. The van der Waals surface area contributed by atoms with E-state index in [4.69, 9.17) is 27.9 Å². The van der Waals surface area contributed by atoms with Gasteiger partial charge in [-0.3, -0.25) is 9.69 Å². The summed E-state index contributed by atoms with van der Waals surface area (Å²) >= 11 is 12.1. The van der Waals surface area contributed by atoms with Gasteiger partial charge in [-0.25, -0.2) is 0 Å². The lowest BCUT2D eigenvalue weighted by molar-refractivity contribution is -0.121. The summed E-state index contributed by atoms with van der Waals surface area (Å²) in [7, 11) is 1.63. The highest BCUT2D eigenvalue weighted by atomic mass is 35.5. The minimum atomic E-state index is 0.0613. The van der Waals surface area contributed by atoms with E-state index >= 15 is 0 Å². The monoisotopic (exact) mass is 406 g/mol. The highest BCUT2D eigenvalue weighted by molar-refractivity contribution is 6.42. The van der Waals surface area contributed by atoms with Gasteiger partial charge in [0, 0.05) is 25.7 Å². The Morgan fingerprint density at radius 2 is 1.89 bits per heavy atom. The molecule has 144 valence electrons. The van der Waals surface area contributed by atoms with Crippen LogP contribution in [0.1, 0.15) is 24.0 Å². The highest BCUT2D eigenvalue weighted by Crippen LogP contribution is 2.24. The van der Waals surface area contributed by atoms with Crippen molar-refractivity contribution in [2.45, 2.75) is 31.8 Å². The Labute approximate surface area is 170 Å². The second kappa shape index (κ2) is 9.45. The third-order valence-electron chi connectivity index (χ3n) is 4.84. The maximum Gasteiger partial charge on any atom is 0.224 e. The molecule has 27 heavy (non-hydrogen) atoms. The molecule has 2 aromatic rings. The number of likely N-dealkylation sites (tertiary alicyclic amines) is 1. The zero-order chi connectivity index (χ0) is 19.2. The second-order valence-electron chi connectivity index (χ2n) is 6.89. The number of rotatable bonds is 6. The van der Waals surface area contributed by atoms with E-state index in [0.717, 1.165) is 49.4 Å². The van der Waals surface area contributed by atoms with Gasteiger partial charge in [-0.2, -0.15) is 0 Å². The maximum atomic E-state index is 12.3. The number of hydrogen-bond acceptors (Lipinski definition) is 3. The van der Waals surface area contributed by atoms with Crippen LogP contribution < -0.4 is 10.1 Å². The average Bonchev–Trinajstić information content (AvgIpc) is 2.66.